The number of benzene rings is 2. The van der Waals surface area contributed by atoms with Gasteiger partial charge >= 0.3 is 0 Å². The van der Waals surface area contributed by atoms with Crippen LogP contribution in [0.5, 0.6) is 0 Å². The van der Waals surface area contributed by atoms with Gasteiger partial charge in [-0.15, -0.1) is 0 Å². The van der Waals surface area contributed by atoms with E-state index in [1.165, 1.54) is 24.3 Å². The number of nitrogens with one attached hydrogen (secondary N) is 1. The minimum Gasteiger partial charge on any atom is -0.322 e. The van der Waals surface area contributed by atoms with E-state index in [0.29, 0.717) is 11.3 Å². The van der Waals surface area contributed by atoms with Crippen LogP contribution in [-0.4, -0.2) is 14.3 Å². The highest BCUT2D eigenvalue weighted by Gasteiger charge is 2.09. The summed E-state index contributed by atoms with van der Waals surface area (Å²) in [7, 11) is -3.72. The van der Waals surface area contributed by atoms with Gasteiger partial charge in [0, 0.05) is 11.3 Å². The topological polar surface area (TPSA) is 89.3 Å². The highest BCUT2D eigenvalue weighted by Crippen LogP contribution is 2.15. The molecular formula is C15H16N2O3S. The second-order valence-corrected chi connectivity index (χ2v) is 6.38. The summed E-state index contributed by atoms with van der Waals surface area (Å²) < 4.78 is 22.3. The molecule has 0 unspecified atom stereocenters. The number of sulfonamides is 1. The van der Waals surface area contributed by atoms with Gasteiger partial charge in [0.15, 0.2) is 0 Å². The number of aryl methyl sites for hydroxylation is 2. The fourth-order valence-corrected chi connectivity index (χ4v) is 2.33. The lowest BCUT2D eigenvalue weighted by Gasteiger charge is -2.08. The van der Waals surface area contributed by atoms with Gasteiger partial charge in [-0.25, -0.2) is 13.6 Å². The number of primary sulfonamides is 1. The molecule has 0 fully saturated rings. The van der Waals surface area contributed by atoms with Crippen LogP contribution in [0.2, 0.25) is 0 Å². The normalized spacial score (nSPS) is 11.2. The minimum atomic E-state index is -3.72. The van der Waals surface area contributed by atoms with Crippen molar-refractivity contribution in [3.63, 3.8) is 0 Å². The van der Waals surface area contributed by atoms with Gasteiger partial charge < -0.3 is 5.32 Å². The van der Waals surface area contributed by atoms with Crippen LogP contribution in [0.4, 0.5) is 5.69 Å². The van der Waals surface area contributed by atoms with E-state index in [2.05, 4.69) is 5.32 Å². The van der Waals surface area contributed by atoms with Gasteiger partial charge in [0.1, 0.15) is 0 Å². The SMILES string of the molecule is Cc1ccc(C(=O)Nc2ccc(S(N)(=O)=O)cc2)cc1C. The Kier molecular flexibility index (Phi) is 4.11. The van der Waals surface area contributed by atoms with E-state index in [0.717, 1.165) is 11.1 Å². The number of rotatable bonds is 3. The van der Waals surface area contributed by atoms with Gasteiger partial charge in [0.2, 0.25) is 10.0 Å². The number of amides is 1. The molecule has 0 aliphatic heterocycles. The molecule has 6 heteroatoms. The van der Waals surface area contributed by atoms with Gasteiger partial charge in [-0.05, 0) is 61.4 Å². The van der Waals surface area contributed by atoms with Crippen molar-refractivity contribution >= 4 is 21.6 Å². The van der Waals surface area contributed by atoms with Crippen molar-refractivity contribution in [2.24, 2.45) is 5.14 Å². The van der Waals surface area contributed by atoms with Gasteiger partial charge in [0.25, 0.3) is 5.91 Å². The van der Waals surface area contributed by atoms with Crippen LogP contribution in [0.25, 0.3) is 0 Å². The number of anilines is 1. The average Bonchev–Trinajstić information content (AvgIpc) is 2.41. The lowest BCUT2D eigenvalue weighted by molar-refractivity contribution is 0.102. The molecule has 0 atom stereocenters. The summed E-state index contributed by atoms with van der Waals surface area (Å²) in [5.41, 5.74) is 3.20. The molecule has 0 spiro atoms. The Morgan fingerprint density at radius 1 is 1.00 bits per heavy atom. The molecule has 0 heterocycles. The van der Waals surface area contributed by atoms with E-state index >= 15 is 0 Å². The summed E-state index contributed by atoms with van der Waals surface area (Å²) in [5.74, 6) is -0.249. The third-order valence-electron chi connectivity index (χ3n) is 3.21. The van der Waals surface area contributed by atoms with E-state index < -0.39 is 10.0 Å². The Labute approximate surface area is 123 Å². The first-order valence-electron chi connectivity index (χ1n) is 6.29. The summed E-state index contributed by atoms with van der Waals surface area (Å²) in [6, 6.07) is 11.1. The molecule has 0 radical (unpaired) electrons. The minimum absolute atomic E-state index is 0.00618. The molecule has 2 aromatic rings. The fraction of sp³-hybridized carbons (Fsp3) is 0.133. The van der Waals surface area contributed by atoms with Crippen LogP contribution >= 0.6 is 0 Å². The summed E-state index contributed by atoms with van der Waals surface area (Å²) in [6.07, 6.45) is 0. The number of hydrogen-bond donors (Lipinski definition) is 2. The Balaban J connectivity index is 2.18. The number of nitrogens with two attached hydrogens (primary N) is 1. The highest BCUT2D eigenvalue weighted by molar-refractivity contribution is 7.89. The molecule has 2 aromatic carbocycles. The summed E-state index contributed by atoms with van der Waals surface area (Å²) in [6.45, 7) is 3.91. The molecule has 1 amide bonds. The van der Waals surface area contributed by atoms with Gasteiger partial charge in [0.05, 0.1) is 4.90 Å². The third-order valence-corrected chi connectivity index (χ3v) is 4.14. The molecule has 2 rings (SSSR count). The molecule has 5 nitrogen and oxygen atoms in total. The van der Waals surface area contributed by atoms with Gasteiger partial charge in [-0.2, -0.15) is 0 Å². The van der Waals surface area contributed by atoms with Crippen molar-refractivity contribution < 1.29 is 13.2 Å². The molecule has 3 N–H and O–H groups in total. The van der Waals surface area contributed by atoms with Crippen molar-refractivity contribution in [1.82, 2.24) is 0 Å². The Morgan fingerprint density at radius 3 is 2.14 bits per heavy atom. The Hall–Kier alpha value is -2.18. The van der Waals surface area contributed by atoms with Crippen molar-refractivity contribution in [2.75, 3.05) is 5.32 Å². The fourth-order valence-electron chi connectivity index (χ4n) is 1.81. The van der Waals surface area contributed by atoms with Gasteiger partial charge in [-0.1, -0.05) is 6.07 Å². The molecule has 0 aliphatic carbocycles. The van der Waals surface area contributed by atoms with Crippen molar-refractivity contribution in [3.05, 3.63) is 59.2 Å². The average molecular weight is 304 g/mol. The predicted molar refractivity (Wildman–Crippen MR) is 81.7 cm³/mol. The maximum Gasteiger partial charge on any atom is 0.255 e. The van der Waals surface area contributed by atoms with Crippen molar-refractivity contribution in [3.8, 4) is 0 Å². The van der Waals surface area contributed by atoms with Crippen LogP contribution in [0.3, 0.4) is 0 Å². The number of carbonyl (C=O) groups is 1. The quantitative estimate of drug-likeness (QED) is 0.911. The summed E-state index contributed by atoms with van der Waals surface area (Å²) in [5, 5.41) is 7.72. The molecular weight excluding hydrogens is 288 g/mol. The molecule has 0 aromatic heterocycles. The molecule has 110 valence electrons. The maximum absolute atomic E-state index is 12.1. The van der Waals surface area contributed by atoms with Crippen LogP contribution in [0.1, 0.15) is 21.5 Å². The van der Waals surface area contributed by atoms with Crippen LogP contribution in [0.15, 0.2) is 47.4 Å². The second-order valence-electron chi connectivity index (χ2n) is 4.82. The van der Waals surface area contributed by atoms with E-state index in [9.17, 15) is 13.2 Å². The lowest BCUT2D eigenvalue weighted by Crippen LogP contribution is -2.14. The highest BCUT2D eigenvalue weighted by atomic mass is 32.2. The monoisotopic (exact) mass is 304 g/mol. The lowest BCUT2D eigenvalue weighted by atomic mass is 10.1. The van der Waals surface area contributed by atoms with E-state index in [-0.39, 0.29) is 10.8 Å². The Morgan fingerprint density at radius 2 is 1.62 bits per heavy atom. The summed E-state index contributed by atoms with van der Waals surface area (Å²) >= 11 is 0. The molecule has 0 aliphatic rings. The summed E-state index contributed by atoms with van der Waals surface area (Å²) in [4.78, 5) is 12.1. The van der Waals surface area contributed by atoms with Crippen LogP contribution in [0, 0.1) is 13.8 Å². The zero-order valence-corrected chi connectivity index (χ0v) is 12.6. The second kappa shape index (κ2) is 5.67. The molecule has 0 bridgehead atoms. The first-order valence-corrected chi connectivity index (χ1v) is 7.83. The van der Waals surface area contributed by atoms with E-state index in [1.807, 2.05) is 26.0 Å². The molecule has 0 saturated carbocycles. The van der Waals surface area contributed by atoms with Crippen molar-refractivity contribution in [2.45, 2.75) is 18.7 Å². The number of hydrogen-bond acceptors (Lipinski definition) is 3. The van der Waals surface area contributed by atoms with Gasteiger partial charge in [-0.3, -0.25) is 4.79 Å². The zero-order chi connectivity index (χ0) is 15.6. The smallest absolute Gasteiger partial charge is 0.255 e. The standard InChI is InChI=1S/C15H16N2O3S/c1-10-3-4-12(9-11(10)2)15(18)17-13-5-7-14(8-6-13)21(16,19)20/h3-9H,1-2H3,(H,17,18)(H2,16,19,20). The van der Waals surface area contributed by atoms with Crippen molar-refractivity contribution in [1.29, 1.82) is 0 Å². The van der Waals surface area contributed by atoms with E-state index in [4.69, 9.17) is 5.14 Å². The maximum atomic E-state index is 12.1. The molecule has 21 heavy (non-hydrogen) atoms. The van der Waals surface area contributed by atoms with Crippen LogP contribution in [-0.2, 0) is 10.0 Å². The first-order chi connectivity index (χ1) is 9.77. The zero-order valence-electron chi connectivity index (χ0n) is 11.8. The Bertz CT molecular complexity index is 781. The predicted octanol–water partition coefficient (Wildman–Crippen LogP) is 2.20. The van der Waals surface area contributed by atoms with Crippen LogP contribution < -0.4 is 10.5 Å². The van der Waals surface area contributed by atoms with E-state index in [1.54, 1.807) is 6.07 Å². The number of carbonyl (C=O) groups excluding carboxylic acids is 1. The third kappa shape index (κ3) is 3.68. The molecule has 0 saturated heterocycles. The first kappa shape index (κ1) is 15.2. The largest absolute Gasteiger partial charge is 0.322 e.